The molecule has 2 amide bonds. The van der Waals surface area contributed by atoms with Crippen LogP contribution in [0.15, 0.2) is 60.9 Å². The number of halogens is 5. The zero-order valence-corrected chi connectivity index (χ0v) is 24.4. The number of carbonyl (C=O) groups excluding carboxylic acids is 2. The van der Waals surface area contributed by atoms with Crippen LogP contribution in [0, 0.1) is 11.6 Å². The zero-order chi connectivity index (χ0) is 32.0. The van der Waals surface area contributed by atoms with E-state index in [1.54, 1.807) is 24.4 Å². The summed E-state index contributed by atoms with van der Waals surface area (Å²) in [5.74, 6) is -2.49. The van der Waals surface area contributed by atoms with E-state index in [0.29, 0.717) is 24.2 Å². The minimum absolute atomic E-state index is 0.0228. The summed E-state index contributed by atoms with van der Waals surface area (Å²) in [6.45, 7) is -0.0332. The Morgan fingerprint density at radius 2 is 1.80 bits per heavy atom. The Hall–Kier alpha value is -4.61. The molecule has 8 rings (SSSR count). The van der Waals surface area contributed by atoms with Gasteiger partial charge in [-0.05, 0) is 79.5 Å². The molecule has 2 aliphatic carbocycles. The van der Waals surface area contributed by atoms with Crippen LogP contribution in [0.4, 0.5) is 27.8 Å². The van der Waals surface area contributed by atoms with Gasteiger partial charge < -0.3 is 15.2 Å². The number of fused-ring (bicyclic) bond motifs is 4. The van der Waals surface area contributed by atoms with Gasteiger partial charge in [-0.15, -0.1) is 0 Å². The second-order valence-corrected chi connectivity index (χ2v) is 12.9. The molecule has 3 atom stereocenters. The maximum Gasteiger partial charge on any atom is 0.399 e. The van der Waals surface area contributed by atoms with Gasteiger partial charge in [0.05, 0.1) is 17.2 Å². The number of imidazole rings is 1. The molecule has 46 heavy (non-hydrogen) atoms. The molecule has 12 heteroatoms. The number of aromatic nitrogens is 3. The van der Waals surface area contributed by atoms with Crippen molar-refractivity contribution in [3.05, 3.63) is 112 Å². The topological polar surface area (TPSA) is 88.9 Å². The van der Waals surface area contributed by atoms with E-state index in [4.69, 9.17) is 0 Å². The van der Waals surface area contributed by atoms with Gasteiger partial charge in [0.15, 0.2) is 11.6 Å². The number of nitrogens with zero attached hydrogens (tertiary/aromatic N) is 3. The molecule has 0 radical (unpaired) electrons. The minimum Gasteiger partial charge on any atom is -0.342 e. The van der Waals surface area contributed by atoms with Gasteiger partial charge in [0, 0.05) is 36.0 Å². The molecule has 1 fully saturated rings. The van der Waals surface area contributed by atoms with Crippen LogP contribution in [0.25, 0.3) is 0 Å². The molecule has 4 heterocycles. The first-order chi connectivity index (χ1) is 22.0. The second kappa shape index (κ2) is 9.94. The van der Waals surface area contributed by atoms with Crippen molar-refractivity contribution in [2.24, 2.45) is 0 Å². The molecule has 236 valence electrons. The van der Waals surface area contributed by atoms with Crippen molar-refractivity contribution in [2.45, 2.75) is 74.0 Å². The molecule has 0 saturated heterocycles. The first-order valence-electron chi connectivity index (χ1n) is 15.3. The van der Waals surface area contributed by atoms with Crippen LogP contribution in [0.3, 0.4) is 0 Å². The highest BCUT2D eigenvalue weighted by Crippen LogP contribution is 2.59. The lowest BCUT2D eigenvalue weighted by Crippen LogP contribution is -2.35. The lowest BCUT2D eigenvalue weighted by atomic mass is 9.79. The molecule has 7 nitrogen and oxygen atoms in total. The van der Waals surface area contributed by atoms with E-state index in [0.717, 1.165) is 22.8 Å². The molecule has 1 spiro atoms. The van der Waals surface area contributed by atoms with Crippen molar-refractivity contribution < 1.29 is 31.5 Å². The van der Waals surface area contributed by atoms with Crippen molar-refractivity contribution in [1.82, 2.24) is 19.9 Å². The van der Waals surface area contributed by atoms with Gasteiger partial charge in [-0.2, -0.15) is 13.2 Å². The van der Waals surface area contributed by atoms with E-state index in [-0.39, 0.29) is 55.2 Å². The molecule has 2 aromatic heterocycles. The molecule has 4 aliphatic rings. The standard InChI is InChI=1S/C34H28F5N5O2/c35-24-5-1-3-22(27(24)36)20-8-9-25(29-41-16-26(44(29)17-20)33(10-11-33)34(37,38)39)42-30(45)18-6-7-19-14-32(15-21(19)13-18)23-4-2-12-40-28(23)43-31(32)46/h1-7,12-13,16,20,25H,8-11,14-15,17H2,(H,42,45)(H,40,43,46)/t20-,25-,32?/m1/s1. The number of benzene rings is 2. The number of anilines is 1. The number of hydrogen-bond acceptors (Lipinski definition) is 4. The van der Waals surface area contributed by atoms with Crippen molar-refractivity contribution in [1.29, 1.82) is 0 Å². The molecule has 2 N–H and O–H groups in total. The Balaban J connectivity index is 1.10. The lowest BCUT2D eigenvalue weighted by molar-refractivity contribution is -0.162. The monoisotopic (exact) mass is 633 g/mol. The van der Waals surface area contributed by atoms with E-state index < -0.39 is 46.5 Å². The minimum atomic E-state index is -4.51. The summed E-state index contributed by atoms with van der Waals surface area (Å²) in [6.07, 6.45) is -0.463. The normalized spacial score (nSPS) is 24.2. The van der Waals surface area contributed by atoms with Crippen LogP contribution in [0.5, 0.6) is 0 Å². The Morgan fingerprint density at radius 1 is 1.00 bits per heavy atom. The Kier molecular flexibility index (Phi) is 6.23. The first kappa shape index (κ1) is 28.8. The van der Waals surface area contributed by atoms with Crippen molar-refractivity contribution in [3.63, 3.8) is 0 Å². The molecule has 1 unspecified atom stereocenters. The number of alkyl halides is 3. The molecule has 1 saturated carbocycles. The maximum atomic E-state index is 14.9. The summed E-state index contributed by atoms with van der Waals surface area (Å²) in [4.78, 5) is 35.5. The van der Waals surface area contributed by atoms with Crippen LogP contribution < -0.4 is 10.6 Å². The second-order valence-electron chi connectivity index (χ2n) is 12.9. The highest BCUT2D eigenvalue weighted by Gasteiger charge is 2.66. The molecule has 2 aliphatic heterocycles. The summed E-state index contributed by atoms with van der Waals surface area (Å²) >= 11 is 0. The van der Waals surface area contributed by atoms with Crippen molar-refractivity contribution in [3.8, 4) is 0 Å². The van der Waals surface area contributed by atoms with E-state index >= 15 is 0 Å². The first-order valence-corrected chi connectivity index (χ1v) is 15.3. The van der Waals surface area contributed by atoms with Gasteiger partial charge in [-0.25, -0.2) is 18.7 Å². The van der Waals surface area contributed by atoms with Crippen LogP contribution in [-0.2, 0) is 35.0 Å². The maximum absolute atomic E-state index is 14.9. The highest BCUT2D eigenvalue weighted by molar-refractivity contribution is 6.06. The molecule has 0 bridgehead atoms. The number of carbonyl (C=O) groups is 2. The lowest BCUT2D eigenvalue weighted by Gasteiger charge is -2.24. The summed E-state index contributed by atoms with van der Waals surface area (Å²) < 4.78 is 73.4. The molecular weight excluding hydrogens is 605 g/mol. The van der Waals surface area contributed by atoms with E-state index in [2.05, 4.69) is 20.6 Å². The predicted molar refractivity (Wildman–Crippen MR) is 156 cm³/mol. The van der Waals surface area contributed by atoms with E-state index in [9.17, 15) is 31.5 Å². The average molecular weight is 634 g/mol. The Labute approximate surface area is 260 Å². The van der Waals surface area contributed by atoms with Crippen LogP contribution in [0.1, 0.15) is 81.8 Å². The summed E-state index contributed by atoms with van der Waals surface area (Å²) in [5.41, 5.74) is 0.150. The van der Waals surface area contributed by atoms with Gasteiger partial charge in [0.25, 0.3) is 5.91 Å². The fourth-order valence-corrected chi connectivity index (χ4v) is 7.74. The predicted octanol–water partition coefficient (Wildman–Crippen LogP) is 6.19. The summed E-state index contributed by atoms with van der Waals surface area (Å²) in [5, 5.41) is 5.84. The molecular formula is C34H28F5N5O2. The zero-order valence-electron chi connectivity index (χ0n) is 24.4. The van der Waals surface area contributed by atoms with Gasteiger partial charge in [0.1, 0.15) is 17.1 Å². The largest absolute Gasteiger partial charge is 0.399 e. The summed E-state index contributed by atoms with van der Waals surface area (Å²) in [6, 6.07) is 12.0. The summed E-state index contributed by atoms with van der Waals surface area (Å²) in [7, 11) is 0. The number of pyridine rings is 1. The Morgan fingerprint density at radius 3 is 2.59 bits per heavy atom. The van der Waals surface area contributed by atoms with E-state index in [1.807, 2.05) is 12.1 Å². The highest BCUT2D eigenvalue weighted by atomic mass is 19.4. The fraction of sp³-hybridized carbons (Fsp3) is 0.353. The van der Waals surface area contributed by atoms with Gasteiger partial charge in [-0.1, -0.05) is 24.3 Å². The van der Waals surface area contributed by atoms with Crippen LogP contribution in [-0.4, -0.2) is 32.5 Å². The third-order valence-electron chi connectivity index (χ3n) is 10.4. The van der Waals surface area contributed by atoms with Gasteiger partial charge >= 0.3 is 6.18 Å². The smallest absolute Gasteiger partial charge is 0.342 e. The number of amides is 2. The average Bonchev–Trinajstić information content (AvgIpc) is 3.56. The quantitative estimate of drug-likeness (QED) is 0.263. The van der Waals surface area contributed by atoms with Crippen LogP contribution >= 0.6 is 0 Å². The van der Waals surface area contributed by atoms with Crippen LogP contribution in [0.2, 0.25) is 0 Å². The number of hydrogen-bond donors (Lipinski definition) is 2. The molecule has 2 aromatic carbocycles. The van der Waals surface area contributed by atoms with Crippen molar-refractivity contribution in [2.75, 3.05) is 5.32 Å². The van der Waals surface area contributed by atoms with Crippen molar-refractivity contribution >= 4 is 17.6 Å². The van der Waals surface area contributed by atoms with E-state index in [1.165, 1.54) is 22.9 Å². The number of nitrogens with one attached hydrogen (secondary N) is 2. The van der Waals surface area contributed by atoms with Gasteiger partial charge in [0.2, 0.25) is 5.91 Å². The Bertz CT molecular complexity index is 1930. The SMILES string of the molecule is O=C(N[C@@H]1CC[C@@H](c2cccc(F)c2F)Cn2c(C3(C(F)(F)F)CC3)cnc21)c1ccc2c(c1)CC1(C2)C(=O)Nc2ncccc21. The third-order valence-corrected chi connectivity index (χ3v) is 10.4. The van der Waals surface area contributed by atoms with Gasteiger partial charge in [-0.3, -0.25) is 9.59 Å². The number of rotatable bonds is 4. The third kappa shape index (κ3) is 4.21. The molecule has 4 aromatic rings. The fourth-order valence-electron chi connectivity index (χ4n) is 7.74.